The van der Waals surface area contributed by atoms with Crippen LogP contribution in [0.3, 0.4) is 0 Å². The summed E-state index contributed by atoms with van der Waals surface area (Å²) in [4.78, 5) is 27.1. The van der Waals surface area contributed by atoms with Gasteiger partial charge in [-0.2, -0.15) is 0 Å². The van der Waals surface area contributed by atoms with Crippen molar-refractivity contribution < 1.29 is 9.84 Å². The molecule has 3 atom stereocenters. The Kier molecular flexibility index (Phi) is 6.80. The van der Waals surface area contributed by atoms with Gasteiger partial charge in [-0.05, 0) is 12.0 Å². The van der Waals surface area contributed by atoms with E-state index in [4.69, 9.17) is 4.74 Å². The van der Waals surface area contributed by atoms with Gasteiger partial charge in [0.2, 0.25) is 0 Å². The third-order valence-electron chi connectivity index (χ3n) is 7.12. The van der Waals surface area contributed by atoms with Gasteiger partial charge in [0.05, 0.1) is 11.3 Å². The number of halogens is 1. The van der Waals surface area contributed by atoms with Gasteiger partial charge in [-0.15, -0.1) is 0 Å². The molecule has 0 unspecified atom stereocenters. The molecule has 34 heavy (non-hydrogen) atoms. The van der Waals surface area contributed by atoms with Crippen LogP contribution in [0.5, 0.6) is 0 Å². The lowest BCUT2D eigenvalue weighted by atomic mass is 10.2. The Morgan fingerprint density at radius 1 is 1.09 bits per heavy atom. The summed E-state index contributed by atoms with van der Waals surface area (Å²) in [5.74, 6) is 0. The molecule has 1 saturated heterocycles. The Balaban J connectivity index is 2.00. The average Bonchev–Trinajstić information content (AvgIpc) is 3.14. The van der Waals surface area contributed by atoms with Crippen molar-refractivity contribution in [1.82, 2.24) is 9.55 Å². The number of aliphatic hydroxyl groups is 1. The van der Waals surface area contributed by atoms with Crippen molar-refractivity contribution in [3.8, 4) is 0 Å². The molecule has 1 aliphatic heterocycles. The molecule has 3 aromatic rings. The van der Waals surface area contributed by atoms with Crippen molar-refractivity contribution in [1.29, 1.82) is 0 Å². The van der Waals surface area contributed by atoms with Crippen molar-refractivity contribution in [3.63, 3.8) is 0 Å². The molecule has 1 fully saturated rings. The molecular formula is C26H31IN2O4Si. The van der Waals surface area contributed by atoms with Gasteiger partial charge in [0, 0.05) is 22.6 Å². The standard InChI is InChI=1S/C26H31IN2O4Si/c1-18-17-29(24(31)28-23(18)30)22-15-26(32,21(16-27)33-22)34(25(2,3)4,19-11-7-5-8-12-19)20-13-9-6-10-14-20/h5-14,17,21-22,32H,15-16H2,1-4H3,(H,28,30,31)/t21-,22-,26-/m1/s1. The van der Waals surface area contributed by atoms with Crippen LogP contribution in [0.25, 0.3) is 0 Å². The summed E-state index contributed by atoms with van der Waals surface area (Å²) in [6.07, 6.45) is 0.602. The van der Waals surface area contributed by atoms with Crippen LogP contribution in [0.1, 0.15) is 39.0 Å². The van der Waals surface area contributed by atoms with Crippen molar-refractivity contribution in [2.24, 2.45) is 0 Å². The van der Waals surface area contributed by atoms with Gasteiger partial charge in [0.1, 0.15) is 6.23 Å². The lowest BCUT2D eigenvalue weighted by molar-refractivity contribution is -0.0188. The number of ether oxygens (including phenoxy) is 1. The smallest absolute Gasteiger partial charge is 0.330 e. The molecule has 1 aromatic heterocycles. The van der Waals surface area contributed by atoms with Crippen LogP contribution in [0.2, 0.25) is 5.04 Å². The quantitative estimate of drug-likeness (QED) is 0.272. The first kappa shape index (κ1) is 25.1. The summed E-state index contributed by atoms with van der Waals surface area (Å²) < 4.78 is 8.43. The fourth-order valence-corrected chi connectivity index (χ4v) is 14.1. The zero-order valence-corrected chi connectivity index (χ0v) is 23.1. The number of rotatable bonds is 5. The first-order valence-corrected chi connectivity index (χ1v) is 15.0. The Morgan fingerprint density at radius 2 is 1.62 bits per heavy atom. The van der Waals surface area contributed by atoms with E-state index in [1.807, 2.05) is 36.4 Å². The second-order valence-electron chi connectivity index (χ2n) is 10.1. The fourth-order valence-electron chi connectivity index (χ4n) is 5.83. The zero-order valence-electron chi connectivity index (χ0n) is 19.9. The Hall–Kier alpha value is -2.01. The van der Waals surface area contributed by atoms with Crippen LogP contribution in [-0.2, 0) is 4.74 Å². The van der Waals surface area contributed by atoms with Crippen molar-refractivity contribution in [2.45, 2.75) is 56.7 Å². The summed E-state index contributed by atoms with van der Waals surface area (Å²) in [6, 6.07) is 20.6. The van der Waals surface area contributed by atoms with E-state index in [-0.39, 0.29) is 11.5 Å². The number of H-pyrrole nitrogens is 1. The van der Waals surface area contributed by atoms with Gasteiger partial charge in [0.25, 0.3) is 5.56 Å². The van der Waals surface area contributed by atoms with Gasteiger partial charge < -0.3 is 9.84 Å². The molecule has 0 aliphatic carbocycles. The molecule has 0 radical (unpaired) electrons. The lowest BCUT2D eigenvalue weighted by Gasteiger charge is -2.54. The third kappa shape index (κ3) is 3.84. The molecule has 2 heterocycles. The van der Waals surface area contributed by atoms with E-state index in [2.05, 4.69) is 72.6 Å². The highest BCUT2D eigenvalue weighted by Crippen LogP contribution is 2.51. The summed E-state index contributed by atoms with van der Waals surface area (Å²) >= 11 is 2.26. The molecule has 6 nitrogen and oxygen atoms in total. The number of aryl methyl sites for hydroxylation is 1. The second kappa shape index (κ2) is 9.22. The van der Waals surface area contributed by atoms with Crippen LogP contribution in [-0.4, -0.2) is 38.5 Å². The maximum absolute atomic E-state index is 12.9. The summed E-state index contributed by atoms with van der Waals surface area (Å²) in [5, 5.41) is 13.6. The predicted octanol–water partition coefficient (Wildman–Crippen LogP) is 2.90. The molecule has 4 rings (SSSR count). The number of hydrogen-bond acceptors (Lipinski definition) is 4. The van der Waals surface area contributed by atoms with Crippen molar-refractivity contribution in [3.05, 3.63) is 93.3 Å². The normalized spacial score (nSPS) is 23.2. The number of nitrogens with zero attached hydrogens (tertiary/aromatic N) is 1. The average molecular weight is 591 g/mol. The van der Waals surface area contributed by atoms with Crippen molar-refractivity contribution >= 4 is 41.0 Å². The van der Waals surface area contributed by atoms with Crippen LogP contribution >= 0.6 is 22.6 Å². The minimum atomic E-state index is -3.00. The molecule has 0 spiro atoms. The molecular weight excluding hydrogens is 559 g/mol. The largest absolute Gasteiger partial charge is 0.390 e. The Morgan fingerprint density at radius 3 is 2.09 bits per heavy atom. The zero-order chi connectivity index (χ0) is 24.7. The SMILES string of the molecule is Cc1cn([C@H]2C[C@@](O)([Si](c3ccccc3)(c3ccccc3)C(C)(C)C)[C@@H](CI)O2)c(=O)[nH]c1=O. The van der Waals surface area contributed by atoms with E-state index in [0.29, 0.717) is 9.99 Å². The summed E-state index contributed by atoms with van der Waals surface area (Å²) in [6.45, 7) is 8.26. The molecule has 180 valence electrons. The molecule has 2 N–H and O–H groups in total. The maximum Gasteiger partial charge on any atom is 0.330 e. The number of aromatic amines is 1. The van der Waals surface area contributed by atoms with E-state index < -0.39 is 36.9 Å². The van der Waals surface area contributed by atoms with Gasteiger partial charge in [0.15, 0.2) is 8.07 Å². The van der Waals surface area contributed by atoms with Crippen LogP contribution in [0.4, 0.5) is 0 Å². The molecule has 1 aliphatic rings. The van der Waals surface area contributed by atoms with Crippen LogP contribution < -0.4 is 21.6 Å². The fraction of sp³-hybridized carbons (Fsp3) is 0.385. The van der Waals surface area contributed by atoms with E-state index in [1.165, 1.54) is 10.8 Å². The number of benzene rings is 2. The first-order valence-electron chi connectivity index (χ1n) is 11.4. The molecule has 0 bridgehead atoms. The van der Waals surface area contributed by atoms with Gasteiger partial charge in [-0.25, -0.2) is 4.79 Å². The van der Waals surface area contributed by atoms with Gasteiger partial charge in [-0.1, -0.05) is 114 Å². The van der Waals surface area contributed by atoms with Crippen LogP contribution in [0, 0.1) is 6.92 Å². The predicted molar refractivity (Wildman–Crippen MR) is 146 cm³/mol. The van der Waals surface area contributed by atoms with Crippen LogP contribution in [0.15, 0.2) is 76.4 Å². The number of nitrogens with one attached hydrogen (secondary N) is 1. The Labute approximate surface area is 214 Å². The maximum atomic E-state index is 12.9. The minimum Gasteiger partial charge on any atom is -0.390 e. The highest BCUT2D eigenvalue weighted by Gasteiger charge is 2.67. The summed E-state index contributed by atoms with van der Waals surface area (Å²) in [5.41, 5.74) is -0.512. The van der Waals surface area contributed by atoms with Crippen molar-refractivity contribution in [2.75, 3.05) is 4.43 Å². The third-order valence-corrected chi connectivity index (χ3v) is 14.4. The number of aromatic nitrogens is 2. The highest BCUT2D eigenvalue weighted by atomic mass is 127. The first-order chi connectivity index (χ1) is 16.1. The summed E-state index contributed by atoms with van der Waals surface area (Å²) in [7, 11) is -3.00. The molecule has 2 aromatic carbocycles. The van der Waals surface area contributed by atoms with Gasteiger partial charge >= 0.3 is 5.69 Å². The van der Waals surface area contributed by atoms with E-state index >= 15 is 0 Å². The number of alkyl halides is 1. The molecule has 8 heteroatoms. The molecule has 0 amide bonds. The molecule has 0 saturated carbocycles. The number of hydrogen-bond donors (Lipinski definition) is 2. The highest BCUT2D eigenvalue weighted by molar-refractivity contribution is 14.1. The topological polar surface area (TPSA) is 84.3 Å². The van der Waals surface area contributed by atoms with E-state index in [9.17, 15) is 14.7 Å². The monoisotopic (exact) mass is 590 g/mol. The van der Waals surface area contributed by atoms with E-state index in [0.717, 1.165) is 10.4 Å². The second-order valence-corrected chi connectivity index (χ2v) is 16.0. The van der Waals surface area contributed by atoms with Gasteiger partial charge in [-0.3, -0.25) is 14.3 Å². The minimum absolute atomic E-state index is 0.249. The van der Waals surface area contributed by atoms with E-state index in [1.54, 1.807) is 6.92 Å². The Bertz CT molecular complexity index is 1230. The lowest BCUT2D eigenvalue weighted by Crippen LogP contribution is -2.80.